The lowest BCUT2D eigenvalue weighted by atomic mass is 10.2. The van der Waals surface area contributed by atoms with Gasteiger partial charge in [-0.2, -0.15) is 0 Å². The monoisotopic (exact) mass is 370 g/mol. The first-order valence-corrected chi connectivity index (χ1v) is 8.93. The minimum Gasteiger partial charge on any atom is -0.493 e. The van der Waals surface area contributed by atoms with Crippen LogP contribution in [-0.2, 0) is 4.79 Å². The van der Waals surface area contributed by atoms with Gasteiger partial charge >= 0.3 is 0 Å². The van der Waals surface area contributed by atoms with Crippen LogP contribution in [0.2, 0.25) is 0 Å². The Kier molecular flexibility index (Phi) is 4.91. The second-order valence-electron chi connectivity index (χ2n) is 6.34. The fourth-order valence-electron chi connectivity index (χ4n) is 3.26. The molecule has 2 aromatic carbocycles. The van der Waals surface area contributed by atoms with Crippen LogP contribution in [0.5, 0.6) is 23.0 Å². The molecule has 0 atom stereocenters. The van der Waals surface area contributed by atoms with E-state index in [1.54, 1.807) is 13.2 Å². The summed E-state index contributed by atoms with van der Waals surface area (Å²) in [5.41, 5.74) is 1.08. The zero-order chi connectivity index (χ0) is 18.6. The molecule has 27 heavy (non-hydrogen) atoms. The number of amides is 1. The number of para-hydroxylation sites is 2. The van der Waals surface area contributed by atoms with E-state index in [2.05, 4.69) is 4.90 Å². The molecule has 2 aliphatic heterocycles. The highest BCUT2D eigenvalue weighted by atomic mass is 16.7. The number of anilines is 1. The van der Waals surface area contributed by atoms with E-state index >= 15 is 0 Å². The molecule has 7 heteroatoms. The van der Waals surface area contributed by atoms with Crippen molar-refractivity contribution in [3.8, 4) is 23.0 Å². The number of piperazine rings is 1. The third-order valence-electron chi connectivity index (χ3n) is 4.77. The average molecular weight is 370 g/mol. The summed E-state index contributed by atoms with van der Waals surface area (Å²) in [6, 6.07) is 13.3. The lowest BCUT2D eigenvalue weighted by molar-refractivity contribution is -0.133. The number of carbonyl (C=O) groups excluding carboxylic acids is 1. The zero-order valence-corrected chi connectivity index (χ0v) is 15.2. The Balaban J connectivity index is 1.30. The molecule has 2 aromatic rings. The van der Waals surface area contributed by atoms with Crippen molar-refractivity contribution < 1.29 is 23.7 Å². The van der Waals surface area contributed by atoms with Gasteiger partial charge in [-0.05, 0) is 24.3 Å². The van der Waals surface area contributed by atoms with E-state index in [0.717, 1.165) is 30.3 Å². The molecular formula is C20H22N2O5. The van der Waals surface area contributed by atoms with Gasteiger partial charge in [-0.25, -0.2) is 0 Å². The van der Waals surface area contributed by atoms with E-state index in [1.165, 1.54) is 0 Å². The maximum atomic E-state index is 12.5. The number of benzene rings is 2. The summed E-state index contributed by atoms with van der Waals surface area (Å²) in [7, 11) is 1.58. The standard InChI is InChI=1S/C20H22N2O5/c1-24-16-4-2-3-5-17(16)25-13-20(23)22-10-8-21(9-11-22)15-6-7-18-19(12-15)27-14-26-18/h2-7,12H,8-11,13-14H2,1H3. The van der Waals surface area contributed by atoms with Gasteiger partial charge in [-0.3, -0.25) is 4.79 Å². The van der Waals surface area contributed by atoms with Crippen LogP contribution >= 0.6 is 0 Å². The van der Waals surface area contributed by atoms with Gasteiger partial charge in [0.25, 0.3) is 5.91 Å². The van der Waals surface area contributed by atoms with E-state index in [9.17, 15) is 4.79 Å². The van der Waals surface area contributed by atoms with Crippen LogP contribution < -0.4 is 23.8 Å². The first kappa shape index (κ1) is 17.3. The molecule has 2 aliphatic rings. The molecule has 1 fully saturated rings. The summed E-state index contributed by atoms with van der Waals surface area (Å²) < 4.78 is 21.7. The van der Waals surface area contributed by atoms with Crippen molar-refractivity contribution in [2.24, 2.45) is 0 Å². The molecule has 1 amide bonds. The third-order valence-corrected chi connectivity index (χ3v) is 4.77. The van der Waals surface area contributed by atoms with E-state index in [4.69, 9.17) is 18.9 Å². The number of rotatable bonds is 5. The van der Waals surface area contributed by atoms with E-state index in [0.29, 0.717) is 24.6 Å². The second-order valence-corrected chi connectivity index (χ2v) is 6.34. The largest absolute Gasteiger partial charge is 0.493 e. The number of nitrogens with zero attached hydrogens (tertiary/aromatic N) is 2. The fourth-order valence-corrected chi connectivity index (χ4v) is 3.26. The van der Waals surface area contributed by atoms with Crippen molar-refractivity contribution in [3.63, 3.8) is 0 Å². The lowest BCUT2D eigenvalue weighted by Crippen LogP contribution is -2.50. The van der Waals surface area contributed by atoms with Gasteiger partial charge in [0.1, 0.15) is 0 Å². The molecule has 0 N–H and O–H groups in total. The third kappa shape index (κ3) is 3.72. The number of ether oxygens (including phenoxy) is 4. The van der Waals surface area contributed by atoms with Crippen LogP contribution in [0, 0.1) is 0 Å². The molecule has 2 heterocycles. The molecule has 0 aromatic heterocycles. The molecule has 4 rings (SSSR count). The normalized spacial score (nSPS) is 15.6. The maximum Gasteiger partial charge on any atom is 0.260 e. The second kappa shape index (κ2) is 7.65. The van der Waals surface area contributed by atoms with Crippen molar-refractivity contribution in [2.75, 3.05) is 51.6 Å². The van der Waals surface area contributed by atoms with Crippen LogP contribution in [0.4, 0.5) is 5.69 Å². The van der Waals surface area contributed by atoms with Crippen LogP contribution in [0.3, 0.4) is 0 Å². The number of carbonyl (C=O) groups is 1. The van der Waals surface area contributed by atoms with Crippen molar-refractivity contribution in [1.82, 2.24) is 4.90 Å². The summed E-state index contributed by atoms with van der Waals surface area (Å²) in [5, 5.41) is 0. The number of methoxy groups -OCH3 is 1. The van der Waals surface area contributed by atoms with Gasteiger partial charge in [0.05, 0.1) is 7.11 Å². The van der Waals surface area contributed by atoms with Crippen LogP contribution in [-0.4, -0.2) is 57.5 Å². The van der Waals surface area contributed by atoms with E-state index in [-0.39, 0.29) is 19.3 Å². The van der Waals surface area contributed by atoms with E-state index in [1.807, 2.05) is 41.3 Å². The number of hydrogen-bond donors (Lipinski definition) is 0. The molecule has 142 valence electrons. The topological polar surface area (TPSA) is 60.5 Å². The Morgan fingerprint density at radius 2 is 1.74 bits per heavy atom. The van der Waals surface area contributed by atoms with Crippen LogP contribution in [0.15, 0.2) is 42.5 Å². The molecule has 0 saturated carbocycles. The van der Waals surface area contributed by atoms with Gasteiger partial charge in [0.15, 0.2) is 29.6 Å². The summed E-state index contributed by atoms with van der Waals surface area (Å²) in [6.07, 6.45) is 0. The summed E-state index contributed by atoms with van der Waals surface area (Å²) in [5.74, 6) is 2.73. The van der Waals surface area contributed by atoms with Gasteiger partial charge in [0, 0.05) is 37.9 Å². The highest BCUT2D eigenvalue weighted by Gasteiger charge is 2.23. The minimum absolute atomic E-state index is 0.00436. The van der Waals surface area contributed by atoms with Gasteiger partial charge in [-0.1, -0.05) is 12.1 Å². The molecule has 0 bridgehead atoms. The Hall–Kier alpha value is -3.09. The van der Waals surface area contributed by atoms with Crippen LogP contribution in [0.1, 0.15) is 0 Å². The highest BCUT2D eigenvalue weighted by Crippen LogP contribution is 2.35. The summed E-state index contributed by atoms with van der Waals surface area (Å²) >= 11 is 0. The van der Waals surface area contributed by atoms with Crippen molar-refractivity contribution in [1.29, 1.82) is 0 Å². The summed E-state index contributed by atoms with van der Waals surface area (Å²) in [6.45, 7) is 3.11. The van der Waals surface area contributed by atoms with Gasteiger partial charge < -0.3 is 28.7 Å². The minimum atomic E-state index is -0.0220. The van der Waals surface area contributed by atoms with Gasteiger partial charge in [-0.15, -0.1) is 0 Å². The molecular weight excluding hydrogens is 348 g/mol. The van der Waals surface area contributed by atoms with Crippen molar-refractivity contribution in [2.45, 2.75) is 0 Å². The first-order chi connectivity index (χ1) is 13.2. The van der Waals surface area contributed by atoms with Gasteiger partial charge in [0.2, 0.25) is 6.79 Å². The Morgan fingerprint density at radius 1 is 1.00 bits per heavy atom. The Labute approximate surface area is 158 Å². The number of fused-ring (bicyclic) bond motifs is 1. The van der Waals surface area contributed by atoms with Crippen molar-refractivity contribution >= 4 is 11.6 Å². The molecule has 1 saturated heterocycles. The van der Waals surface area contributed by atoms with Crippen LogP contribution in [0.25, 0.3) is 0 Å². The first-order valence-electron chi connectivity index (χ1n) is 8.93. The summed E-state index contributed by atoms with van der Waals surface area (Å²) in [4.78, 5) is 16.5. The predicted molar refractivity (Wildman–Crippen MR) is 99.8 cm³/mol. The molecule has 0 aliphatic carbocycles. The average Bonchev–Trinajstić information content (AvgIpc) is 3.20. The fraction of sp³-hybridized carbons (Fsp3) is 0.350. The predicted octanol–water partition coefficient (Wildman–Crippen LogP) is 2.15. The molecule has 0 unspecified atom stereocenters. The van der Waals surface area contributed by atoms with E-state index < -0.39 is 0 Å². The van der Waals surface area contributed by atoms with Crippen molar-refractivity contribution in [3.05, 3.63) is 42.5 Å². The quantitative estimate of drug-likeness (QED) is 0.804. The smallest absolute Gasteiger partial charge is 0.260 e. The molecule has 0 radical (unpaired) electrons. The SMILES string of the molecule is COc1ccccc1OCC(=O)N1CCN(c2ccc3c(c2)OCO3)CC1. The molecule has 0 spiro atoms. The highest BCUT2D eigenvalue weighted by molar-refractivity contribution is 5.78. The number of hydrogen-bond acceptors (Lipinski definition) is 6. The zero-order valence-electron chi connectivity index (χ0n) is 15.2. The lowest BCUT2D eigenvalue weighted by Gasteiger charge is -2.36. The molecule has 7 nitrogen and oxygen atoms in total. The Bertz CT molecular complexity index is 818. The Morgan fingerprint density at radius 3 is 2.52 bits per heavy atom. The maximum absolute atomic E-state index is 12.5.